The predicted molar refractivity (Wildman–Crippen MR) is 105 cm³/mol. The molecule has 1 aromatic rings. The quantitative estimate of drug-likeness (QED) is 0.784. The third-order valence-electron chi connectivity index (χ3n) is 5.51. The average molecular weight is 374 g/mol. The second-order valence-electron chi connectivity index (χ2n) is 7.39. The molecule has 2 aliphatic rings. The highest BCUT2D eigenvalue weighted by Gasteiger charge is 2.35. The lowest BCUT2D eigenvalue weighted by molar-refractivity contribution is -0.141. The van der Waals surface area contributed by atoms with Crippen molar-refractivity contribution >= 4 is 17.5 Å². The van der Waals surface area contributed by atoms with E-state index in [1.807, 2.05) is 31.2 Å². The molecule has 1 atom stereocenters. The van der Waals surface area contributed by atoms with Crippen molar-refractivity contribution in [1.82, 2.24) is 14.7 Å². The summed E-state index contributed by atoms with van der Waals surface area (Å²) in [6, 6.07) is 7.04. The Morgan fingerprint density at radius 3 is 2.74 bits per heavy atom. The standard InChI is InChI=1S/C20H30N4O3/c1-16-20(26)24(17-6-4-7-18(14-17)27-3)13-12-23(16)19(25)15-22-9-5-8-21(2)10-11-22/h4,6-7,14,16H,5,8-13,15H2,1-3H3. The Morgan fingerprint density at radius 1 is 1.15 bits per heavy atom. The number of benzene rings is 1. The molecule has 0 bridgehead atoms. The topological polar surface area (TPSA) is 56.3 Å². The molecule has 2 fully saturated rings. The second kappa shape index (κ2) is 8.71. The smallest absolute Gasteiger partial charge is 0.249 e. The minimum atomic E-state index is -0.452. The van der Waals surface area contributed by atoms with Crippen LogP contribution in [-0.2, 0) is 9.59 Å². The second-order valence-corrected chi connectivity index (χ2v) is 7.39. The molecule has 1 unspecified atom stereocenters. The van der Waals surface area contributed by atoms with E-state index in [0.29, 0.717) is 19.6 Å². The molecule has 3 rings (SSSR count). The van der Waals surface area contributed by atoms with Crippen LogP contribution in [0.1, 0.15) is 13.3 Å². The van der Waals surface area contributed by atoms with Crippen molar-refractivity contribution < 1.29 is 14.3 Å². The molecule has 2 aliphatic heterocycles. The molecule has 2 amide bonds. The van der Waals surface area contributed by atoms with Crippen LogP contribution in [0.4, 0.5) is 5.69 Å². The first-order valence-electron chi connectivity index (χ1n) is 9.65. The van der Waals surface area contributed by atoms with E-state index in [2.05, 4.69) is 16.8 Å². The van der Waals surface area contributed by atoms with Crippen LogP contribution in [0.25, 0.3) is 0 Å². The molecular formula is C20H30N4O3. The molecule has 2 heterocycles. The summed E-state index contributed by atoms with van der Waals surface area (Å²) in [7, 11) is 3.73. The maximum atomic E-state index is 12.9. The summed E-state index contributed by atoms with van der Waals surface area (Å²) in [5.74, 6) is 0.724. The summed E-state index contributed by atoms with van der Waals surface area (Å²) in [5.41, 5.74) is 0.814. The van der Waals surface area contributed by atoms with Gasteiger partial charge in [0, 0.05) is 37.9 Å². The normalized spacial score (nSPS) is 22.6. The van der Waals surface area contributed by atoms with E-state index in [1.165, 1.54) is 0 Å². The van der Waals surface area contributed by atoms with Crippen LogP contribution in [-0.4, -0.2) is 92.5 Å². The van der Waals surface area contributed by atoms with Gasteiger partial charge in [-0.1, -0.05) is 6.07 Å². The third-order valence-corrected chi connectivity index (χ3v) is 5.51. The molecule has 0 N–H and O–H groups in total. The van der Waals surface area contributed by atoms with E-state index < -0.39 is 6.04 Å². The molecule has 148 valence electrons. The minimum absolute atomic E-state index is 0.0431. The fourth-order valence-electron chi connectivity index (χ4n) is 3.79. The number of nitrogens with zero attached hydrogens (tertiary/aromatic N) is 4. The Kier molecular flexibility index (Phi) is 6.34. The number of piperazine rings is 1. The first-order chi connectivity index (χ1) is 13.0. The van der Waals surface area contributed by atoms with Crippen molar-refractivity contribution in [3.8, 4) is 5.75 Å². The molecular weight excluding hydrogens is 344 g/mol. The highest BCUT2D eigenvalue weighted by molar-refractivity contribution is 6.00. The van der Waals surface area contributed by atoms with Gasteiger partial charge in [0.2, 0.25) is 11.8 Å². The first kappa shape index (κ1) is 19.6. The molecule has 0 radical (unpaired) electrons. The summed E-state index contributed by atoms with van der Waals surface area (Å²) in [5, 5.41) is 0. The molecule has 0 aromatic heterocycles. The fraction of sp³-hybridized carbons (Fsp3) is 0.600. The number of methoxy groups -OCH3 is 1. The first-order valence-corrected chi connectivity index (χ1v) is 9.65. The number of ether oxygens (including phenoxy) is 1. The minimum Gasteiger partial charge on any atom is -0.497 e. The van der Waals surface area contributed by atoms with E-state index in [9.17, 15) is 9.59 Å². The average Bonchev–Trinajstić information content (AvgIpc) is 2.88. The summed E-state index contributed by atoms with van der Waals surface area (Å²) >= 11 is 0. The van der Waals surface area contributed by atoms with Gasteiger partial charge >= 0.3 is 0 Å². The van der Waals surface area contributed by atoms with Crippen molar-refractivity contribution in [2.24, 2.45) is 0 Å². The van der Waals surface area contributed by atoms with E-state index in [1.54, 1.807) is 16.9 Å². The van der Waals surface area contributed by atoms with Gasteiger partial charge in [-0.05, 0) is 45.6 Å². The molecule has 7 heteroatoms. The molecule has 0 spiro atoms. The number of carbonyl (C=O) groups excluding carboxylic acids is 2. The van der Waals surface area contributed by atoms with Gasteiger partial charge in [0.15, 0.2) is 0 Å². The lowest BCUT2D eigenvalue weighted by atomic mass is 10.1. The molecule has 7 nitrogen and oxygen atoms in total. The van der Waals surface area contributed by atoms with Crippen molar-refractivity contribution in [3.05, 3.63) is 24.3 Å². The van der Waals surface area contributed by atoms with Gasteiger partial charge in [-0.2, -0.15) is 0 Å². The van der Waals surface area contributed by atoms with Gasteiger partial charge in [-0.25, -0.2) is 0 Å². The van der Waals surface area contributed by atoms with Crippen molar-refractivity contribution in [2.75, 3.05) is 64.9 Å². The summed E-state index contributed by atoms with van der Waals surface area (Å²) < 4.78 is 5.26. The van der Waals surface area contributed by atoms with Crippen LogP contribution in [0.5, 0.6) is 5.75 Å². The zero-order valence-corrected chi connectivity index (χ0v) is 16.6. The highest BCUT2D eigenvalue weighted by Crippen LogP contribution is 2.24. The predicted octanol–water partition coefficient (Wildman–Crippen LogP) is 0.896. The maximum absolute atomic E-state index is 12.9. The Labute approximate surface area is 161 Å². The van der Waals surface area contributed by atoms with Crippen LogP contribution in [0, 0.1) is 0 Å². The number of carbonyl (C=O) groups is 2. The van der Waals surface area contributed by atoms with Crippen LogP contribution < -0.4 is 9.64 Å². The summed E-state index contributed by atoms with van der Waals surface area (Å²) in [6.45, 7) is 7.15. The fourth-order valence-corrected chi connectivity index (χ4v) is 3.79. The van der Waals surface area contributed by atoms with Gasteiger partial charge in [-0.15, -0.1) is 0 Å². The van der Waals surface area contributed by atoms with E-state index in [-0.39, 0.29) is 11.8 Å². The SMILES string of the molecule is COc1cccc(N2CCN(C(=O)CN3CCCN(C)CC3)C(C)C2=O)c1. The lowest BCUT2D eigenvalue weighted by Crippen LogP contribution is -2.59. The van der Waals surface area contributed by atoms with Crippen LogP contribution in [0.3, 0.4) is 0 Å². The van der Waals surface area contributed by atoms with Gasteiger partial charge in [0.05, 0.1) is 13.7 Å². The van der Waals surface area contributed by atoms with Crippen LogP contribution in [0.15, 0.2) is 24.3 Å². The third kappa shape index (κ3) is 4.59. The highest BCUT2D eigenvalue weighted by atomic mass is 16.5. The van der Waals surface area contributed by atoms with Gasteiger partial charge in [0.25, 0.3) is 0 Å². The Hall–Kier alpha value is -2.12. The van der Waals surface area contributed by atoms with Gasteiger partial charge in [-0.3, -0.25) is 14.5 Å². The number of hydrogen-bond acceptors (Lipinski definition) is 5. The van der Waals surface area contributed by atoms with Gasteiger partial charge < -0.3 is 19.4 Å². The summed E-state index contributed by atoms with van der Waals surface area (Å²) in [6.07, 6.45) is 1.07. The Morgan fingerprint density at radius 2 is 1.96 bits per heavy atom. The number of likely N-dealkylation sites (N-methyl/N-ethyl adjacent to an activating group) is 1. The lowest BCUT2D eigenvalue weighted by Gasteiger charge is -2.40. The monoisotopic (exact) mass is 374 g/mol. The molecule has 0 aliphatic carbocycles. The van der Waals surface area contributed by atoms with Crippen LogP contribution in [0.2, 0.25) is 0 Å². The Balaban J connectivity index is 1.62. The summed E-state index contributed by atoms with van der Waals surface area (Å²) in [4.78, 5) is 33.7. The molecule has 0 saturated carbocycles. The zero-order valence-electron chi connectivity index (χ0n) is 16.6. The number of anilines is 1. The van der Waals surface area contributed by atoms with Crippen molar-refractivity contribution in [2.45, 2.75) is 19.4 Å². The van der Waals surface area contributed by atoms with E-state index in [4.69, 9.17) is 4.74 Å². The van der Waals surface area contributed by atoms with Crippen molar-refractivity contribution in [3.63, 3.8) is 0 Å². The largest absolute Gasteiger partial charge is 0.497 e. The van der Waals surface area contributed by atoms with Crippen molar-refractivity contribution in [1.29, 1.82) is 0 Å². The number of rotatable bonds is 4. The van der Waals surface area contributed by atoms with E-state index >= 15 is 0 Å². The Bertz CT molecular complexity index is 681. The van der Waals surface area contributed by atoms with E-state index in [0.717, 1.165) is 44.0 Å². The van der Waals surface area contributed by atoms with Gasteiger partial charge in [0.1, 0.15) is 11.8 Å². The zero-order chi connectivity index (χ0) is 19.4. The number of amides is 2. The molecule has 2 saturated heterocycles. The molecule has 1 aromatic carbocycles. The number of hydrogen-bond donors (Lipinski definition) is 0. The van der Waals surface area contributed by atoms with Crippen LogP contribution >= 0.6 is 0 Å². The molecule has 27 heavy (non-hydrogen) atoms. The maximum Gasteiger partial charge on any atom is 0.249 e.